The summed E-state index contributed by atoms with van der Waals surface area (Å²) in [5.41, 5.74) is 5.02. The van der Waals surface area contributed by atoms with Crippen LogP contribution in [0.1, 0.15) is 141 Å². The molecule has 9 aliphatic rings. The van der Waals surface area contributed by atoms with Gasteiger partial charge < -0.3 is 172 Å². The molecule has 13 bridgehead atoms. The van der Waals surface area contributed by atoms with Gasteiger partial charge in [0.1, 0.15) is 162 Å². The van der Waals surface area contributed by atoms with Crippen molar-refractivity contribution in [1.29, 1.82) is 0 Å². The van der Waals surface area contributed by atoms with Gasteiger partial charge in [-0.05, 0) is 170 Å². The SMILES string of the molecule is CC(=O)N[C@H]1[C@H](O[C@@H]2c3ccc(c(Cl)c3)Oc3cc4cc(c3O[C@@H]3O[C@H](CO)[C@@H](O)[C@H](O)[C@H]3NC(=O)CCCCCCC(C)C)Oc3ccc(cc3Cl)C[C@H]3NC(=O)[C@H](N)c5ccc(O)c(c5)Oc5cc(O)cc(c5)[C@H](NC3=O)C(=O)N[C@H]4C(=O)N[C@H](c3ccc(O)cc3)C(=O)N[C@@H]2C(=O)N[C@H](C(=O)N2CCN(CCCN(C)C)CC2)c2cc(O)cc(O[C@H]3O[C@H](CO)[C@@H](O)[C@H](O)[C@@H]3O)c2)O[C@H](CO)[C@@H](O)[C@@H]1O. The predicted molar refractivity (Wildman–Crippen MR) is 503 cm³/mol. The molecule has 16 rings (SSSR count). The molecule has 46 heteroatoms. The smallest absolute Gasteiger partial charge is 0.249 e. The van der Waals surface area contributed by atoms with Crippen LogP contribution in [0, 0.1) is 5.92 Å². The minimum atomic E-state index is -2.53. The molecule has 23 atom stereocenters. The van der Waals surface area contributed by atoms with E-state index in [1.54, 1.807) is 0 Å². The number of phenols is 4. The molecule has 4 fully saturated rings. The highest BCUT2D eigenvalue weighted by Crippen LogP contribution is 2.50. The van der Waals surface area contributed by atoms with Crippen LogP contribution in [0.3, 0.4) is 0 Å². The van der Waals surface area contributed by atoms with Crippen LogP contribution >= 0.6 is 23.2 Å². The molecule has 143 heavy (non-hydrogen) atoms. The maximum absolute atomic E-state index is 17.0. The topological polar surface area (TPSA) is 652 Å². The number of nitrogens with two attached hydrogens (primary N) is 1. The lowest BCUT2D eigenvalue weighted by Crippen LogP contribution is -2.65. The number of piperazine rings is 1. The number of nitrogens with one attached hydrogen (secondary N) is 8. The third-order valence-electron chi connectivity index (χ3n) is 25.6. The molecule has 0 unspecified atom stereocenters. The Bertz CT molecular complexity index is 5750. The normalized spacial score (nSPS) is 27.7. The van der Waals surface area contributed by atoms with Gasteiger partial charge in [0, 0.05) is 58.1 Å². The molecule has 0 spiro atoms. The molecule has 7 aromatic rings. The first-order valence-electron chi connectivity index (χ1n) is 46.7. The Kier molecular flexibility index (Phi) is 35.2. The standard InChI is InChI=1S/C97H118Cl2N12O32/c1-44(2)11-8-6-7-9-12-70(120)103-77-83(125)80(122)68(42-113)140-96(77)143-87-65-37-52-38-66(87)138-63-22-17-49(35-59(63)99)86(142-95-76(101-45(3)115)82(124)79(121)67(41-112)139-95)78(93(133)107-75(94(134)111-27-25-110(26-28-111)24-10-23-109(4)5)51-32-55(118)40-57(34-51)136-97-85(127)84(126)81(123)69(43-114)141-97)108-90(130)72(47-14-18-53(116)19-15-47)105-92(132)74(52)106-91(131)73-50-31-54(117)39-56(33-50)135-64-36-48(16-20-61(64)119)71(100)89(129)102-60(88(128)104-73)30-46-13-21-62(137-65)58(98)29-46/h13-22,29,31-40,44,60,67-69,71-86,95-97,112-114,116-119,121-127H,6-12,23-28,30,41-43,100H2,1-5H3,(H,101,115)(H,102,129)(H,103,120)(H,104,128)(H,105,132)(H,106,131)(H,107,133)(H,108,130)/t60-,67-,68-,69-,71-,72-,73+,74-,75+,76-,77-,78+,79-,80-,81-,82-,83-,84+,85+,86-,95+,96+,97+/m1/s1. The van der Waals surface area contributed by atoms with Crippen LogP contribution in [0.2, 0.25) is 10.0 Å². The summed E-state index contributed by atoms with van der Waals surface area (Å²) < 4.78 is 57.9. The zero-order valence-corrected chi connectivity index (χ0v) is 79.8. The van der Waals surface area contributed by atoms with Crippen molar-refractivity contribution in [3.63, 3.8) is 0 Å². The zero-order chi connectivity index (χ0) is 103. The second-order valence-corrected chi connectivity index (χ2v) is 37.6. The van der Waals surface area contributed by atoms with Crippen molar-refractivity contribution >= 4 is 76.4 Å². The van der Waals surface area contributed by atoms with Gasteiger partial charge in [0.15, 0.2) is 29.3 Å². The number of halogens is 2. The molecule has 7 aromatic carbocycles. The van der Waals surface area contributed by atoms with Gasteiger partial charge in [0.25, 0.3) is 0 Å². The number of amides is 9. The lowest BCUT2D eigenvalue weighted by molar-refractivity contribution is -0.284. The molecule has 4 saturated heterocycles. The number of aliphatic hydroxyl groups excluding tert-OH is 10. The van der Waals surface area contributed by atoms with E-state index in [2.05, 4.69) is 61.3 Å². The first-order chi connectivity index (χ1) is 68.2. The number of unbranched alkanes of at least 4 members (excludes halogenated alkanes) is 3. The maximum atomic E-state index is 17.0. The number of ether oxygens (including phenoxy) is 9. The highest BCUT2D eigenvalue weighted by molar-refractivity contribution is 6.32. The largest absolute Gasteiger partial charge is 0.508 e. The first kappa shape index (κ1) is 107. The number of rotatable bonds is 27. The van der Waals surface area contributed by atoms with Gasteiger partial charge in [-0.3, -0.25) is 48.1 Å². The minimum absolute atomic E-state index is 0.0202. The Labute approximate surface area is 829 Å². The van der Waals surface area contributed by atoms with Crippen LogP contribution < -0.4 is 72.0 Å². The summed E-state index contributed by atoms with van der Waals surface area (Å²) >= 11 is 14.9. The summed E-state index contributed by atoms with van der Waals surface area (Å²) in [6.45, 7) is 3.95. The highest BCUT2D eigenvalue weighted by atomic mass is 35.5. The van der Waals surface area contributed by atoms with Gasteiger partial charge >= 0.3 is 0 Å². The van der Waals surface area contributed by atoms with Crippen molar-refractivity contribution in [1.82, 2.24) is 57.2 Å². The van der Waals surface area contributed by atoms with E-state index in [1.807, 2.05) is 19.0 Å². The van der Waals surface area contributed by atoms with Gasteiger partial charge in [-0.25, -0.2) is 0 Å². The van der Waals surface area contributed by atoms with Crippen LogP contribution in [0.4, 0.5) is 0 Å². The molecular weight excluding hydrogens is 1920 g/mol. The number of carbonyl (C=O) groups excluding carboxylic acids is 9. The Hall–Kier alpha value is -12.1. The number of fused-ring (bicyclic) bond motifs is 15. The third kappa shape index (κ3) is 25.6. The summed E-state index contributed by atoms with van der Waals surface area (Å²) in [5, 5.41) is 179. The molecule has 0 aliphatic carbocycles. The number of benzene rings is 7. The van der Waals surface area contributed by atoms with E-state index < -0.39 is 282 Å². The van der Waals surface area contributed by atoms with E-state index >= 15 is 28.8 Å². The van der Waals surface area contributed by atoms with Crippen molar-refractivity contribution in [3.8, 4) is 69.0 Å². The van der Waals surface area contributed by atoms with Gasteiger partial charge in [-0.1, -0.05) is 93.1 Å². The molecule has 24 N–H and O–H groups in total. The molecule has 9 aliphatic heterocycles. The summed E-state index contributed by atoms with van der Waals surface area (Å²) in [6.07, 6.45) is -24.0. The van der Waals surface area contributed by atoms with E-state index in [1.165, 1.54) is 41.3 Å². The molecular formula is C97H118Cl2N12O32. The molecule has 44 nitrogen and oxygen atoms in total. The van der Waals surface area contributed by atoms with Gasteiger partial charge in [0.2, 0.25) is 71.5 Å². The zero-order valence-electron chi connectivity index (χ0n) is 78.3. The Morgan fingerprint density at radius 3 is 1.70 bits per heavy atom. The van der Waals surface area contributed by atoms with E-state index in [0.717, 1.165) is 117 Å². The summed E-state index contributed by atoms with van der Waals surface area (Å²) in [5.74, 6) is -16.3. The van der Waals surface area contributed by atoms with Crippen LogP contribution in [-0.2, 0) is 68.5 Å². The summed E-state index contributed by atoms with van der Waals surface area (Å²) in [6, 6.07) is 5.29. The average Bonchev–Trinajstić information content (AvgIpc) is 0.766. The molecule has 0 radical (unpaired) electrons. The quantitative estimate of drug-likeness (QED) is 0.0320. The fourth-order valence-electron chi connectivity index (χ4n) is 17.8. The fourth-order valence-corrected chi connectivity index (χ4v) is 18.3. The van der Waals surface area contributed by atoms with E-state index in [0.29, 0.717) is 38.3 Å². The van der Waals surface area contributed by atoms with Gasteiger partial charge in [-0.15, -0.1) is 0 Å². The molecule has 0 saturated carbocycles. The van der Waals surface area contributed by atoms with E-state index in [-0.39, 0.29) is 88.3 Å². The number of aliphatic hydroxyl groups is 10. The predicted octanol–water partition coefficient (Wildman–Crippen LogP) is 1.05. The number of aromatic hydroxyl groups is 4. The van der Waals surface area contributed by atoms with E-state index in [4.69, 9.17) is 71.6 Å². The number of phenolic OH excluding ortho intramolecular Hbond substituents is 4. The monoisotopic (exact) mass is 2030 g/mol. The molecule has 9 heterocycles. The Balaban J connectivity index is 0.991. The molecule has 9 amide bonds. The first-order valence-corrected chi connectivity index (χ1v) is 47.4. The van der Waals surface area contributed by atoms with Crippen molar-refractivity contribution in [2.75, 3.05) is 73.2 Å². The molecule has 0 aromatic heterocycles. The lowest BCUT2D eigenvalue weighted by Gasteiger charge is -2.44. The third-order valence-corrected chi connectivity index (χ3v) is 26.2. The van der Waals surface area contributed by atoms with Crippen molar-refractivity contribution in [3.05, 3.63) is 176 Å². The van der Waals surface area contributed by atoms with Crippen LogP contribution in [-0.4, -0.2) is 317 Å². The van der Waals surface area contributed by atoms with Gasteiger partial charge in [0.05, 0.1) is 29.9 Å². The number of hydrogen-bond donors (Lipinski definition) is 23. The van der Waals surface area contributed by atoms with Crippen molar-refractivity contribution in [2.45, 2.75) is 213 Å². The summed E-state index contributed by atoms with van der Waals surface area (Å²) in [7, 11) is 3.81. The lowest BCUT2D eigenvalue weighted by atomic mass is 9.95. The minimum Gasteiger partial charge on any atom is -0.508 e. The average molecular weight is 2030 g/mol. The highest BCUT2D eigenvalue weighted by Gasteiger charge is 2.52. The van der Waals surface area contributed by atoms with Crippen molar-refractivity contribution < 1.29 is 157 Å². The second kappa shape index (κ2) is 47.2. The number of hydrogen-bond acceptors (Lipinski definition) is 35. The van der Waals surface area contributed by atoms with Gasteiger partial charge in [-0.2, -0.15) is 0 Å². The van der Waals surface area contributed by atoms with Crippen LogP contribution in [0.15, 0.2) is 127 Å². The fraction of sp³-hybridized carbons (Fsp3) is 0.474. The number of carbonyl (C=O) groups is 9. The number of nitrogens with zero attached hydrogens (tertiary/aromatic N) is 3. The maximum Gasteiger partial charge on any atom is 0.249 e. The van der Waals surface area contributed by atoms with Crippen LogP contribution in [0.5, 0.6) is 69.0 Å². The Morgan fingerprint density at radius 2 is 1.08 bits per heavy atom. The molecule has 772 valence electrons. The second-order valence-electron chi connectivity index (χ2n) is 36.8. The van der Waals surface area contributed by atoms with Crippen LogP contribution in [0.25, 0.3) is 0 Å². The Morgan fingerprint density at radius 1 is 0.517 bits per heavy atom. The summed E-state index contributed by atoms with van der Waals surface area (Å²) in [4.78, 5) is 147. The van der Waals surface area contributed by atoms with E-state index in [9.17, 15) is 85.9 Å². The van der Waals surface area contributed by atoms with Crippen molar-refractivity contribution in [2.24, 2.45) is 11.7 Å².